The zero-order chi connectivity index (χ0) is 20.9. The quantitative estimate of drug-likeness (QED) is 0.644. The third-order valence-corrected chi connectivity index (χ3v) is 7.55. The number of nitrogens with one attached hydrogen (secondary N) is 1. The summed E-state index contributed by atoms with van der Waals surface area (Å²) in [5, 5.41) is 2.90. The van der Waals surface area contributed by atoms with Gasteiger partial charge in [0.15, 0.2) is 6.61 Å². The zero-order valence-corrected chi connectivity index (χ0v) is 18.3. The van der Waals surface area contributed by atoms with Gasteiger partial charge in [-0.1, -0.05) is 12.1 Å². The number of rotatable bonds is 8. The highest BCUT2D eigenvalue weighted by atomic mass is 32.2. The van der Waals surface area contributed by atoms with E-state index >= 15 is 0 Å². The van der Waals surface area contributed by atoms with Gasteiger partial charge in [0.05, 0.1) is 10.9 Å². The number of carbonyl (C=O) groups is 1. The van der Waals surface area contributed by atoms with Crippen LogP contribution in [0.4, 0.5) is 0 Å². The van der Waals surface area contributed by atoms with Crippen LogP contribution in [0.3, 0.4) is 0 Å². The first-order chi connectivity index (χ1) is 13.9. The highest BCUT2D eigenvalue weighted by Gasteiger charge is 2.26. The molecule has 1 aliphatic heterocycles. The summed E-state index contributed by atoms with van der Waals surface area (Å²) in [5.41, 5.74) is 1.02. The van der Waals surface area contributed by atoms with Gasteiger partial charge in [0, 0.05) is 18.0 Å². The zero-order valence-electron chi connectivity index (χ0n) is 16.6. The molecule has 2 aromatic carbocycles. The number of carbonyl (C=O) groups excluding carboxylic acids is 1. The minimum Gasteiger partial charge on any atom is -0.484 e. The summed E-state index contributed by atoms with van der Waals surface area (Å²) in [6, 6.07) is 14.1. The third-order valence-electron chi connectivity index (χ3n) is 4.89. The lowest BCUT2D eigenvalue weighted by Crippen LogP contribution is -2.31. The third kappa shape index (κ3) is 5.52. The second kappa shape index (κ2) is 9.65. The van der Waals surface area contributed by atoms with Crippen molar-refractivity contribution >= 4 is 27.7 Å². The van der Waals surface area contributed by atoms with Crippen LogP contribution in [0, 0.1) is 0 Å². The van der Waals surface area contributed by atoms with E-state index in [0.717, 1.165) is 18.4 Å². The number of ether oxygens (including phenoxy) is 1. The van der Waals surface area contributed by atoms with Gasteiger partial charge < -0.3 is 10.1 Å². The number of hydrogen-bond donors (Lipinski definition) is 1. The molecule has 1 unspecified atom stereocenters. The summed E-state index contributed by atoms with van der Waals surface area (Å²) in [6.45, 7) is 2.92. The van der Waals surface area contributed by atoms with Crippen LogP contribution >= 0.6 is 11.8 Å². The van der Waals surface area contributed by atoms with Crippen molar-refractivity contribution in [1.29, 1.82) is 0 Å². The molecule has 6 nitrogen and oxygen atoms in total. The van der Waals surface area contributed by atoms with Crippen LogP contribution in [-0.2, 0) is 14.8 Å². The number of thioether (sulfide) groups is 1. The van der Waals surface area contributed by atoms with Crippen molar-refractivity contribution in [1.82, 2.24) is 9.62 Å². The second-order valence-corrected chi connectivity index (χ2v) is 9.75. The molecule has 8 heteroatoms. The first kappa shape index (κ1) is 21.7. The van der Waals surface area contributed by atoms with E-state index in [1.54, 1.807) is 23.9 Å². The van der Waals surface area contributed by atoms with Crippen LogP contribution < -0.4 is 10.1 Å². The number of nitrogens with zero attached hydrogens (tertiary/aromatic N) is 1. The van der Waals surface area contributed by atoms with E-state index in [1.165, 1.54) is 21.3 Å². The van der Waals surface area contributed by atoms with Crippen molar-refractivity contribution in [2.75, 3.05) is 26.0 Å². The van der Waals surface area contributed by atoms with Crippen LogP contribution in [0.1, 0.15) is 31.4 Å². The summed E-state index contributed by atoms with van der Waals surface area (Å²) >= 11 is 1.67. The second-order valence-electron chi connectivity index (χ2n) is 6.93. The molecule has 1 fully saturated rings. The van der Waals surface area contributed by atoms with Crippen LogP contribution in [-0.4, -0.2) is 44.6 Å². The number of sulfonamides is 1. The Bertz CT molecular complexity index is 922. The lowest BCUT2D eigenvalue weighted by atomic mass is 10.1. The van der Waals surface area contributed by atoms with Gasteiger partial charge in [0.1, 0.15) is 5.75 Å². The molecule has 0 saturated carbocycles. The first-order valence-electron chi connectivity index (χ1n) is 9.56. The van der Waals surface area contributed by atoms with Crippen molar-refractivity contribution < 1.29 is 17.9 Å². The molecule has 0 radical (unpaired) electrons. The lowest BCUT2D eigenvalue weighted by Gasteiger charge is -2.16. The SMILES string of the molecule is CSc1ccc(C(C)NC(=O)COc2ccc(S(=O)(=O)N3CCCC3)cc2)cc1. The molecule has 1 saturated heterocycles. The molecule has 156 valence electrons. The van der Waals surface area contributed by atoms with Gasteiger partial charge in [-0.3, -0.25) is 4.79 Å². The van der Waals surface area contributed by atoms with Crippen molar-refractivity contribution in [3.8, 4) is 5.75 Å². The molecule has 0 aromatic heterocycles. The van der Waals surface area contributed by atoms with E-state index in [9.17, 15) is 13.2 Å². The maximum atomic E-state index is 12.5. The van der Waals surface area contributed by atoms with E-state index < -0.39 is 10.0 Å². The molecule has 0 bridgehead atoms. The van der Waals surface area contributed by atoms with E-state index in [2.05, 4.69) is 5.32 Å². The summed E-state index contributed by atoms with van der Waals surface area (Å²) in [5.74, 6) is 0.220. The van der Waals surface area contributed by atoms with Gasteiger partial charge in [-0.15, -0.1) is 11.8 Å². The fraction of sp³-hybridized carbons (Fsp3) is 0.381. The average Bonchev–Trinajstić information content (AvgIpc) is 3.28. The maximum absolute atomic E-state index is 12.5. The van der Waals surface area contributed by atoms with Crippen LogP contribution in [0.2, 0.25) is 0 Å². The Kier molecular flexibility index (Phi) is 7.21. The number of amides is 1. The molecule has 1 N–H and O–H groups in total. The Balaban J connectivity index is 1.52. The average molecular weight is 435 g/mol. The Morgan fingerprint density at radius 1 is 1.10 bits per heavy atom. The van der Waals surface area contributed by atoms with Gasteiger partial charge in [-0.2, -0.15) is 4.31 Å². The molecule has 1 atom stereocenters. The van der Waals surface area contributed by atoms with Gasteiger partial charge in [-0.25, -0.2) is 8.42 Å². The molecule has 1 heterocycles. The molecular weight excluding hydrogens is 408 g/mol. The maximum Gasteiger partial charge on any atom is 0.258 e. The topological polar surface area (TPSA) is 75.7 Å². The molecule has 3 rings (SSSR count). The van der Waals surface area contributed by atoms with E-state index in [-0.39, 0.29) is 23.5 Å². The van der Waals surface area contributed by atoms with Crippen molar-refractivity contribution in [2.24, 2.45) is 0 Å². The normalized spacial score (nSPS) is 15.8. The van der Waals surface area contributed by atoms with Gasteiger partial charge >= 0.3 is 0 Å². The first-order valence-corrected chi connectivity index (χ1v) is 12.2. The molecule has 2 aromatic rings. The van der Waals surface area contributed by atoms with Crippen LogP contribution in [0.25, 0.3) is 0 Å². The molecule has 0 aliphatic carbocycles. The summed E-state index contributed by atoms with van der Waals surface area (Å²) in [7, 11) is -3.44. The molecule has 29 heavy (non-hydrogen) atoms. The Morgan fingerprint density at radius 3 is 2.31 bits per heavy atom. The highest BCUT2D eigenvalue weighted by molar-refractivity contribution is 7.98. The minimum absolute atomic E-state index is 0.130. The smallest absolute Gasteiger partial charge is 0.258 e. The van der Waals surface area contributed by atoms with E-state index in [0.29, 0.717) is 18.8 Å². The summed E-state index contributed by atoms with van der Waals surface area (Å²) in [6.07, 6.45) is 3.82. The van der Waals surface area contributed by atoms with Crippen LogP contribution in [0.15, 0.2) is 58.3 Å². The highest BCUT2D eigenvalue weighted by Crippen LogP contribution is 2.23. The van der Waals surface area contributed by atoms with E-state index in [4.69, 9.17) is 4.74 Å². The van der Waals surface area contributed by atoms with Gasteiger partial charge in [0.2, 0.25) is 10.0 Å². The number of benzene rings is 2. The Hall–Kier alpha value is -2.03. The largest absolute Gasteiger partial charge is 0.484 e. The predicted octanol–water partition coefficient (Wildman–Crippen LogP) is 3.45. The fourth-order valence-corrected chi connectivity index (χ4v) is 5.12. The molecule has 1 amide bonds. The Labute approximate surface area is 176 Å². The van der Waals surface area contributed by atoms with Crippen molar-refractivity contribution in [2.45, 2.75) is 35.6 Å². The van der Waals surface area contributed by atoms with Gasteiger partial charge in [0.25, 0.3) is 5.91 Å². The molecule has 1 aliphatic rings. The number of hydrogen-bond acceptors (Lipinski definition) is 5. The van der Waals surface area contributed by atoms with Gasteiger partial charge in [-0.05, 0) is 68.0 Å². The monoisotopic (exact) mass is 434 g/mol. The fourth-order valence-electron chi connectivity index (χ4n) is 3.19. The molecular formula is C21H26N2O4S2. The summed E-state index contributed by atoms with van der Waals surface area (Å²) in [4.78, 5) is 13.6. The van der Waals surface area contributed by atoms with Crippen LogP contribution in [0.5, 0.6) is 5.75 Å². The van der Waals surface area contributed by atoms with Crippen molar-refractivity contribution in [3.63, 3.8) is 0 Å². The lowest BCUT2D eigenvalue weighted by molar-refractivity contribution is -0.123. The predicted molar refractivity (Wildman–Crippen MR) is 115 cm³/mol. The standard InChI is InChI=1S/C21H26N2O4S2/c1-16(17-5-9-19(28-2)10-6-17)22-21(24)15-27-18-7-11-20(12-8-18)29(25,26)23-13-3-4-14-23/h5-12,16H,3-4,13-15H2,1-2H3,(H,22,24). The van der Waals surface area contributed by atoms with Crippen molar-refractivity contribution in [3.05, 3.63) is 54.1 Å². The Morgan fingerprint density at radius 2 is 1.72 bits per heavy atom. The molecule has 0 spiro atoms. The summed E-state index contributed by atoms with van der Waals surface area (Å²) < 4.78 is 32.1. The van der Waals surface area contributed by atoms with E-state index in [1.807, 2.05) is 37.4 Å². The minimum atomic E-state index is -3.44.